The molecule has 1 fully saturated rings. The van der Waals surface area contributed by atoms with E-state index in [1.54, 1.807) is 21.3 Å². The van der Waals surface area contributed by atoms with Gasteiger partial charge in [0, 0.05) is 19.2 Å². The van der Waals surface area contributed by atoms with E-state index < -0.39 is 0 Å². The molecule has 1 aliphatic rings. The SMILES string of the molecule is CCOC1CC(NCc2cc(OC)c(OC)c(OC)c2)C1. The quantitative estimate of drug-likeness (QED) is 0.798. The van der Waals surface area contributed by atoms with E-state index in [1.807, 2.05) is 19.1 Å². The van der Waals surface area contributed by atoms with Gasteiger partial charge in [0.2, 0.25) is 5.75 Å². The average Bonchev–Trinajstić information content (AvgIpc) is 2.48. The predicted octanol–water partition coefficient (Wildman–Crippen LogP) is 2.37. The van der Waals surface area contributed by atoms with Crippen molar-refractivity contribution in [2.24, 2.45) is 0 Å². The van der Waals surface area contributed by atoms with Crippen LogP contribution in [0.4, 0.5) is 0 Å². The molecule has 0 aromatic heterocycles. The highest BCUT2D eigenvalue weighted by atomic mass is 16.5. The fourth-order valence-corrected chi connectivity index (χ4v) is 2.60. The summed E-state index contributed by atoms with van der Waals surface area (Å²) >= 11 is 0. The molecule has 0 bridgehead atoms. The highest BCUT2D eigenvalue weighted by Crippen LogP contribution is 2.38. The van der Waals surface area contributed by atoms with E-state index in [4.69, 9.17) is 18.9 Å². The molecule has 1 N–H and O–H groups in total. The summed E-state index contributed by atoms with van der Waals surface area (Å²) in [6, 6.07) is 4.49. The van der Waals surface area contributed by atoms with Crippen LogP contribution in [-0.2, 0) is 11.3 Å². The third-order valence-corrected chi connectivity index (χ3v) is 3.82. The smallest absolute Gasteiger partial charge is 0.203 e. The molecule has 0 heterocycles. The minimum Gasteiger partial charge on any atom is -0.493 e. The molecule has 0 aliphatic heterocycles. The second-order valence-electron chi connectivity index (χ2n) is 5.16. The largest absolute Gasteiger partial charge is 0.493 e. The van der Waals surface area contributed by atoms with E-state index in [2.05, 4.69) is 5.32 Å². The maximum absolute atomic E-state index is 5.57. The van der Waals surface area contributed by atoms with E-state index >= 15 is 0 Å². The molecule has 0 radical (unpaired) electrons. The van der Waals surface area contributed by atoms with Crippen LogP contribution in [0, 0.1) is 0 Å². The third-order valence-electron chi connectivity index (χ3n) is 3.82. The van der Waals surface area contributed by atoms with Gasteiger partial charge in [-0.3, -0.25) is 0 Å². The summed E-state index contributed by atoms with van der Waals surface area (Å²) in [5.74, 6) is 2.01. The van der Waals surface area contributed by atoms with Crippen molar-refractivity contribution < 1.29 is 18.9 Å². The predicted molar refractivity (Wildman–Crippen MR) is 81.4 cm³/mol. The van der Waals surface area contributed by atoms with Gasteiger partial charge in [0.1, 0.15) is 0 Å². The van der Waals surface area contributed by atoms with Gasteiger partial charge in [-0.15, -0.1) is 0 Å². The van der Waals surface area contributed by atoms with Crippen LogP contribution in [-0.4, -0.2) is 40.1 Å². The highest BCUT2D eigenvalue weighted by Gasteiger charge is 2.29. The third kappa shape index (κ3) is 3.80. The van der Waals surface area contributed by atoms with E-state index in [0.717, 1.165) is 31.6 Å². The number of benzene rings is 1. The van der Waals surface area contributed by atoms with Crippen molar-refractivity contribution in [3.05, 3.63) is 17.7 Å². The molecule has 0 atom stereocenters. The second kappa shape index (κ2) is 7.52. The van der Waals surface area contributed by atoms with Crippen LogP contribution in [0.5, 0.6) is 17.2 Å². The summed E-state index contributed by atoms with van der Waals surface area (Å²) in [4.78, 5) is 0. The molecule has 1 aliphatic carbocycles. The van der Waals surface area contributed by atoms with Crippen LogP contribution in [0.1, 0.15) is 25.3 Å². The van der Waals surface area contributed by atoms with Gasteiger partial charge in [0.15, 0.2) is 11.5 Å². The zero-order valence-corrected chi connectivity index (χ0v) is 13.3. The second-order valence-corrected chi connectivity index (χ2v) is 5.16. The summed E-state index contributed by atoms with van der Waals surface area (Å²) < 4.78 is 21.6. The van der Waals surface area contributed by atoms with Gasteiger partial charge in [0.25, 0.3) is 0 Å². The fourth-order valence-electron chi connectivity index (χ4n) is 2.60. The van der Waals surface area contributed by atoms with Gasteiger partial charge in [-0.2, -0.15) is 0 Å². The first-order valence-electron chi connectivity index (χ1n) is 7.35. The number of nitrogens with one attached hydrogen (secondary N) is 1. The van der Waals surface area contributed by atoms with E-state index in [1.165, 1.54) is 0 Å². The topological polar surface area (TPSA) is 49.0 Å². The van der Waals surface area contributed by atoms with Crippen molar-refractivity contribution in [1.29, 1.82) is 0 Å². The Morgan fingerprint density at radius 2 is 1.67 bits per heavy atom. The standard InChI is InChI=1S/C16H25NO4/c1-5-21-13-8-12(9-13)17-10-11-6-14(18-2)16(20-4)15(7-11)19-3/h6-7,12-13,17H,5,8-10H2,1-4H3. The number of methoxy groups -OCH3 is 3. The lowest BCUT2D eigenvalue weighted by Gasteiger charge is -2.35. The number of ether oxygens (including phenoxy) is 4. The molecule has 21 heavy (non-hydrogen) atoms. The van der Waals surface area contributed by atoms with Crippen LogP contribution in [0.2, 0.25) is 0 Å². The Morgan fingerprint density at radius 1 is 1.05 bits per heavy atom. The van der Waals surface area contributed by atoms with Crippen LogP contribution in [0.3, 0.4) is 0 Å². The monoisotopic (exact) mass is 295 g/mol. The molecular weight excluding hydrogens is 270 g/mol. The Labute approximate surface area is 126 Å². The van der Waals surface area contributed by atoms with E-state index in [0.29, 0.717) is 29.4 Å². The van der Waals surface area contributed by atoms with E-state index in [9.17, 15) is 0 Å². The summed E-state index contributed by atoms with van der Waals surface area (Å²) in [6.45, 7) is 3.61. The molecule has 0 unspecified atom stereocenters. The van der Waals surface area contributed by atoms with Gasteiger partial charge < -0.3 is 24.3 Å². The van der Waals surface area contributed by atoms with Crippen molar-refractivity contribution in [3.63, 3.8) is 0 Å². The maximum atomic E-state index is 5.57. The van der Waals surface area contributed by atoms with Crippen LogP contribution < -0.4 is 19.5 Å². The van der Waals surface area contributed by atoms with Crippen LogP contribution in [0.15, 0.2) is 12.1 Å². The minimum absolute atomic E-state index is 0.424. The molecule has 0 amide bonds. The molecule has 2 rings (SSSR count). The first-order chi connectivity index (χ1) is 10.2. The number of rotatable bonds is 8. The molecule has 1 aromatic carbocycles. The summed E-state index contributed by atoms with van der Waals surface area (Å²) in [5.41, 5.74) is 1.12. The molecule has 5 heteroatoms. The molecule has 1 saturated carbocycles. The molecule has 1 aromatic rings. The highest BCUT2D eigenvalue weighted by molar-refractivity contribution is 5.53. The van der Waals surface area contributed by atoms with Crippen molar-refractivity contribution in [2.45, 2.75) is 38.5 Å². The fraction of sp³-hybridized carbons (Fsp3) is 0.625. The number of hydrogen-bond donors (Lipinski definition) is 1. The first kappa shape index (κ1) is 15.9. The van der Waals surface area contributed by atoms with Gasteiger partial charge in [-0.1, -0.05) is 0 Å². The van der Waals surface area contributed by atoms with Crippen LogP contribution >= 0.6 is 0 Å². The lowest BCUT2D eigenvalue weighted by molar-refractivity contribution is -0.0102. The van der Waals surface area contributed by atoms with Crippen LogP contribution in [0.25, 0.3) is 0 Å². The normalized spacial score (nSPS) is 20.8. The van der Waals surface area contributed by atoms with Crippen molar-refractivity contribution in [2.75, 3.05) is 27.9 Å². The first-order valence-corrected chi connectivity index (χ1v) is 7.35. The van der Waals surface area contributed by atoms with Crippen molar-refractivity contribution in [1.82, 2.24) is 5.32 Å². The van der Waals surface area contributed by atoms with E-state index in [-0.39, 0.29) is 0 Å². The van der Waals surface area contributed by atoms with Crippen molar-refractivity contribution in [3.8, 4) is 17.2 Å². The molecule has 5 nitrogen and oxygen atoms in total. The Hall–Kier alpha value is -1.46. The lowest BCUT2D eigenvalue weighted by Crippen LogP contribution is -2.45. The summed E-state index contributed by atoms with van der Waals surface area (Å²) in [5, 5.41) is 3.53. The van der Waals surface area contributed by atoms with Crippen molar-refractivity contribution >= 4 is 0 Å². The molecular formula is C16H25NO4. The average molecular weight is 295 g/mol. The minimum atomic E-state index is 0.424. The molecule has 118 valence electrons. The van der Waals surface area contributed by atoms with Gasteiger partial charge in [-0.05, 0) is 37.5 Å². The zero-order chi connectivity index (χ0) is 15.2. The van der Waals surface area contributed by atoms with Gasteiger partial charge in [0.05, 0.1) is 27.4 Å². The lowest BCUT2D eigenvalue weighted by atomic mass is 9.89. The number of hydrogen-bond acceptors (Lipinski definition) is 5. The summed E-state index contributed by atoms with van der Waals surface area (Å²) in [7, 11) is 4.88. The summed E-state index contributed by atoms with van der Waals surface area (Å²) in [6.07, 6.45) is 2.59. The van der Waals surface area contributed by atoms with Gasteiger partial charge >= 0.3 is 0 Å². The maximum Gasteiger partial charge on any atom is 0.203 e. The Morgan fingerprint density at radius 3 is 2.14 bits per heavy atom. The Bertz CT molecular complexity index is 433. The molecule has 0 saturated heterocycles. The van der Waals surface area contributed by atoms with Gasteiger partial charge in [-0.25, -0.2) is 0 Å². The molecule has 0 spiro atoms. The Balaban J connectivity index is 1.94. The zero-order valence-electron chi connectivity index (χ0n) is 13.3. The Kier molecular flexibility index (Phi) is 5.70.